The van der Waals surface area contributed by atoms with E-state index in [1.165, 1.54) is 0 Å². The van der Waals surface area contributed by atoms with Crippen LogP contribution >= 0.6 is 11.6 Å². The fraction of sp³-hybridized carbons (Fsp3) is 0.538. The Morgan fingerprint density at radius 3 is 2.82 bits per heavy atom. The molecule has 1 heterocycles. The van der Waals surface area contributed by atoms with Gasteiger partial charge in [0, 0.05) is 11.1 Å². The van der Waals surface area contributed by atoms with Gasteiger partial charge in [0.15, 0.2) is 0 Å². The average molecular weight is 256 g/mol. The van der Waals surface area contributed by atoms with Crippen molar-refractivity contribution in [3.63, 3.8) is 0 Å². The van der Waals surface area contributed by atoms with Crippen molar-refractivity contribution < 1.29 is 9.47 Å². The van der Waals surface area contributed by atoms with Gasteiger partial charge in [-0.1, -0.05) is 30.7 Å². The molecule has 1 saturated heterocycles. The molecule has 0 saturated carbocycles. The largest absolute Gasteiger partial charge is 0.376 e. The van der Waals surface area contributed by atoms with Crippen LogP contribution in [0.5, 0.6) is 0 Å². The molecule has 2 N–H and O–H groups in total. The third-order valence-electron chi connectivity index (χ3n) is 2.98. The predicted molar refractivity (Wildman–Crippen MR) is 68.2 cm³/mol. The van der Waals surface area contributed by atoms with Crippen LogP contribution in [0.25, 0.3) is 0 Å². The number of hydrogen-bond donors (Lipinski definition) is 1. The minimum atomic E-state index is -0.104. The molecule has 0 amide bonds. The minimum absolute atomic E-state index is 0.0194. The molecule has 2 unspecified atom stereocenters. The Hall–Kier alpha value is -0.610. The van der Waals surface area contributed by atoms with Crippen LogP contribution in [0.3, 0.4) is 0 Å². The summed E-state index contributed by atoms with van der Waals surface area (Å²) in [6.45, 7) is 3.38. The molecule has 17 heavy (non-hydrogen) atoms. The van der Waals surface area contributed by atoms with Crippen molar-refractivity contribution in [1.82, 2.24) is 0 Å². The maximum absolute atomic E-state index is 6.12. The highest BCUT2D eigenvalue weighted by molar-refractivity contribution is 6.30. The Labute approximate surface area is 107 Å². The maximum atomic E-state index is 6.12. The lowest BCUT2D eigenvalue weighted by molar-refractivity contribution is -0.160. The van der Waals surface area contributed by atoms with Gasteiger partial charge in [0.25, 0.3) is 0 Å². The SMILES string of the molecule is CCC(N)C(OC1COC1)c1cccc(Cl)c1. The first-order chi connectivity index (χ1) is 8.20. The quantitative estimate of drug-likeness (QED) is 0.879. The summed E-state index contributed by atoms with van der Waals surface area (Å²) in [6.07, 6.45) is 0.925. The van der Waals surface area contributed by atoms with Gasteiger partial charge in [-0.25, -0.2) is 0 Å². The van der Waals surface area contributed by atoms with Crippen molar-refractivity contribution in [3.05, 3.63) is 34.9 Å². The lowest BCUT2D eigenvalue weighted by Crippen LogP contribution is -2.41. The molecule has 0 spiro atoms. The summed E-state index contributed by atoms with van der Waals surface area (Å²) < 4.78 is 11.1. The van der Waals surface area contributed by atoms with Crippen LogP contribution in [0.15, 0.2) is 24.3 Å². The number of benzene rings is 1. The lowest BCUT2D eigenvalue weighted by Gasteiger charge is -2.33. The highest BCUT2D eigenvalue weighted by Gasteiger charge is 2.27. The molecular formula is C13H18ClNO2. The third kappa shape index (κ3) is 3.19. The Morgan fingerprint density at radius 1 is 1.53 bits per heavy atom. The molecule has 1 aromatic carbocycles. The monoisotopic (exact) mass is 255 g/mol. The number of ether oxygens (including phenoxy) is 2. The van der Waals surface area contributed by atoms with Gasteiger partial charge in [0.1, 0.15) is 6.10 Å². The zero-order chi connectivity index (χ0) is 12.3. The molecule has 1 aliphatic rings. The Kier molecular flexibility index (Phi) is 4.40. The van der Waals surface area contributed by atoms with E-state index < -0.39 is 0 Å². The van der Waals surface area contributed by atoms with E-state index in [2.05, 4.69) is 6.92 Å². The first-order valence-electron chi connectivity index (χ1n) is 5.95. The van der Waals surface area contributed by atoms with Crippen molar-refractivity contribution >= 4 is 11.6 Å². The normalized spacial score (nSPS) is 19.7. The van der Waals surface area contributed by atoms with Gasteiger partial charge < -0.3 is 15.2 Å². The number of hydrogen-bond acceptors (Lipinski definition) is 3. The van der Waals surface area contributed by atoms with Gasteiger partial charge in [-0.2, -0.15) is 0 Å². The molecule has 0 radical (unpaired) electrons. The third-order valence-corrected chi connectivity index (χ3v) is 3.22. The average Bonchev–Trinajstić information content (AvgIpc) is 2.27. The van der Waals surface area contributed by atoms with Gasteiger partial charge >= 0.3 is 0 Å². The second-order valence-corrected chi connectivity index (χ2v) is 4.78. The minimum Gasteiger partial charge on any atom is -0.376 e. The first-order valence-corrected chi connectivity index (χ1v) is 6.32. The van der Waals surface area contributed by atoms with Crippen molar-refractivity contribution in [1.29, 1.82) is 0 Å². The second kappa shape index (κ2) is 5.83. The summed E-state index contributed by atoms with van der Waals surface area (Å²) in [6, 6.07) is 7.68. The van der Waals surface area contributed by atoms with Gasteiger partial charge in [0.2, 0.25) is 0 Å². The van der Waals surface area contributed by atoms with E-state index in [0.29, 0.717) is 18.2 Å². The zero-order valence-electron chi connectivity index (χ0n) is 9.93. The van der Waals surface area contributed by atoms with Gasteiger partial charge in [-0.05, 0) is 24.1 Å². The van der Waals surface area contributed by atoms with E-state index in [1.54, 1.807) is 0 Å². The Balaban J connectivity index is 2.13. The highest BCUT2D eigenvalue weighted by atomic mass is 35.5. The van der Waals surface area contributed by atoms with Crippen LogP contribution < -0.4 is 5.73 Å². The topological polar surface area (TPSA) is 44.5 Å². The van der Waals surface area contributed by atoms with Gasteiger partial charge in [0.05, 0.1) is 19.3 Å². The second-order valence-electron chi connectivity index (χ2n) is 4.34. The molecule has 0 aliphatic carbocycles. The highest BCUT2D eigenvalue weighted by Crippen LogP contribution is 2.27. The molecule has 3 nitrogen and oxygen atoms in total. The molecule has 0 aromatic heterocycles. The summed E-state index contributed by atoms with van der Waals surface area (Å²) in [4.78, 5) is 0. The molecule has 0 bridgehead atoms. The van der Waals surface area contributed by atoms with E-state index in [-0.39, 0.29) is 18.2 Å². The van der Waals surface area contributed by atoms with Crippen molar-refractivity contribution in [3.8, 4) is 0 Å². The van der Waals surface area contributed by atoms with E-state index in [9.17, 15) is 0 Å². The van der Waals surface area contributed by atoms with Crippen LogP contribution in [-0.4, -0.2) is 25.4 Å². The smallest absolute Gasteiger partial charge is 0.105 e. The van der Waals surface area contributed by atoms with E-state index in [0.717, 1.165) is 12.0 Å². The lowest BCUT2D eigenvalue weighted by atomic mass is 10.0. The molecule has 4 heteroatoms. The summed E-state index contributed by atoms with van der Waals surface area (Å²) >= 11 is 6.00. The molecule has 1 aliphatic heterocycles. The number of halogens is 1. The van der Waals surface area contributed by atoms with E-state index in [1.807, 2.05) is 24.3 Å². The molecule has 1 aromatic rings. The van der Waals surface area contributed by atoms with Crippen molar-refractivity contribution in [2.45, 2.75) is 31.6 Å². The fourth-order valence-corrected chi connectivity index (χ4v) is 2.02. The van der Waals surface area contributed by atoms with Gasteiger partial charge in [-0.3, -0.25) is 0 Å². The van der Waals surface area contributed by atoms with Crippen LogP contribution in [0.2, 0.25) is 5.02 Å². The summed E-state index contributed by atoms with van der Waals surface area (Å²) in [7, 11) is 0. The van der Waals surface area contributed by atoms with Crippen LogP contribution in [0.1, 0.15) is 25.0 Å². The number of rotatable bonds is 5. The molecule has 2 rings (SSSR count). The Bertz CT molecular complexity index is 368. The summed E-state index contributed by atoms with van der Waals surface area (Å²) in [5.41, 5.74) is 7.16. The summed E-state index contributed by atoms with van der Waals surface area (Å²) in [5.74, 6) is 0. The first kappa shape index (κ1) is 12.8. The zero-order valence-corrected chi connectivity index (χ0v) is 10.7. The van der Waals surface area contributed by atoms with E-state index in [4.69, 9.17) is 26.8 Å². The maximum Gasteiger partial charge on any atom is 0.105 e. The molecular weight excluding hydrogens is 238 g/mol. The predicted octanol–water partition coefficient (Wildman–Crippen LogP) is 2.53. The van der Waals surface area contributed by atoms with Crippen LogP contribution in [0, 0.1) is 0 Å². The molecule has 94 valence electrons. The number of nitrogens with two attached hydrogens (primary N) is 1. The van der Waals surface area contributed by atoms with Gasteiger partial charge in [-0.15, -0.1) is 0 Å². The standard InChI is InChI=1S/C13H18ClNO2/c1-2-12(15)13(17-11-7-16-8-11)9-4-3-5-10(14)6-9/h3-6,11-13H,2,7-8,15H2,1H3. The van der Waals surface area contributed by atoms with Crippen molar-refractivity contribution in [2.24, 2.45) is 5.73 Å². The van der Waals surface area contributed by atoms with Crippen LogP contribution in [0.4, 0.5) is 0 Å². The van der Waals surface area contributed by atoms with Crippen molar-refractivity contribution in [2.75, 3.05) is 13.2 Å². The fourth-order valence-electron chi connectivity index (χ4n) is 1.82. The Morgan fingerprint density at radius 2 is 2.29 bits per heavy atom. The summed E-state index contributed by atoms with van der Waals surface area (Å²) in [5, 5.41) is 0.712. The van der Waals surface area contributed by atoms with Crippen LogP contribution in [-0.2, 0) is 9.47 Å². The molecule has 1 fully saturated rings. The molecule has 2 atom stereocenters. The van der Waals surface area contributed by atoms with E-state index >= 15 is 0 Å².